The Hall–Kier alpha value is -3.60. The van der Waals surface area contributed by atoms with Crippen molar-refractivity contribution in [3.8, 4) is 5.75 Å². The first-order valence-corrected chi connectivity index (χ1v) is 15.1. The number of ether oxygens (including phenoxy) is 2. The third-order valence-corrected chi connectivity index (χ3v) is 10.0. The second-order valence-corrected chi connectivity index (χ2v) is 12.9. The summed E-state index contributed by atoms with van der Waals surface area (Å²) < 4.78 is 11.5. The number of rotatable bonds is 9. The second-order valence-electron chi connectivity index (χ2n) is 9.20. The van der Waals surface area contributed by atoms with Crippen LogP contribution in [0.2, 0.25) is 0 Å². The van der Waals surface area contributed by atoms with Crippen LogP contribution >= 0.6 is 47.1 Å². The molecule has 1 saturated heterocycles. The number of aliphatic carboxylic acids is 2. The van der Waals surface area contributed by atoms with Crippen LogP contribution < -0.4 is 24.4 Å². The molecule has 222 valence electrons. The number of hydrogen-bond donors (Lipinski definition) is 2. The van der Waals surface area contributed by atoms with E-state index in [1.807, 2.05) is 19.9 Å². The van der Waals surface area contributed by atoms with Gasteiger partial charge in [-0.15, -0.1) is 11.3 Å². The van der Waals surface area contributed by atoms with Crippen molar-refractivity contribution in [2.24, 2.45) is 5.92 Å². The summed E-state index contributed by atoms with van der Waals surface area (Å²) in [6.07, 6.45) is 1.63. The smallest absolute Gasteiger partial charge is 0.325 e. The average molecular weight is 652 g/mol. The monoisotopic (exact) mass is 651 g/mol. The van der Waals surface area contributed by atoms with Crippen molar-refractivity contribution in [3.05, 3.63) is 48.4 Å². The molecule has 2 N–H and O–H groups in total. The highest BCUT2D eigenvalue weighted by atomic mass is 32.2. The van der Waals surface area contributed by atoms with Gasteiger partial charge in [0.15, 0.2) is 0 Å². The van der Waals surface area contributed by atoms with Gasteiger partial charge in [0.1, 0.15) is 39.3 Å². The van der Waals surface area contributed by atoms with Crippen LogP contribution in [0.1, 0.15) is 13.8 Å². The van der Waals surface area contributed by atoms with E-state index in [0.717, 1.165) is 43.1 Å². The fourth-order valence-corrected chi connectivity index (χ4v) is 7.95. The van der Waals surface area contributed by atoms with E-state index < -0.39 is 42.5 Å². The molecule has 4 rings (SSSR count). The number of hydrogen-bond acceptors (Lipinski definition) is 12. The number of carboxylic acid groups (broad SMARTS) is 2. The van der Waals surface area contributed by atoms with Gasteiger partial charge in [-0.1, -0.05) is 49.6 Å². The fraction of sp³-hybridized carbons (Fsp3) is 0.308. The van der Waals surface area contributed by atoms with Crippen molar-refractivity contribution in [1.82, 2.24) is 9.47 Å². The number of fused-ring (bicyclic) bond motifs is 1. The number of anilines is 1. The summed E-state index contributed by atoms with van der Waals surface area (Å²) in [5.41, 5.74) is 0.767. The predicted octanol–water partition coefficient (Wildman–Crippen LogP) is 1.49. The first kappa shape index (κ1) is 31.3. The lowest BCUT2D eigenvalue weighted by Crippen LogP contribution is -2.37. The fourth-order valence-electron chi connectivity index (χ4n) is 4.14. The Morgan fingerprint density at radius 3 is 2.31 bits per heavy atom. The van der Waals surface area contributed by atoms with Crippen molar-refractivity contribution in [2.45, 2.75) is 25.3 Å². The average Bonchev–Trinajstić information content (AvgIpc) is 3.53. The summed E-state index contributed by atoms with van der Waals surface area (Å²) in [5.74, 6) is -3.34. The highest BCUT2D eigenvalue weighted by Crippen LogP contribution is 2.49. The van der Waals surface area contributed by atoms with Crippen molar-refractivity contribution in [2.75, 3.05) is 32.2 Å². The van der Waals surface area contributed by atoms with Gasteiger partial charge in [-0.2, -0.15) is 0 Å². The van der Waals surface area contributed by atoms with Gasteiger partial charge in [0.25, 0.3) is 11.5 Å². The summed E-state index contributed by atoms with van der Waals surface area (Å²) >= 11 is 8.31. The normalized spacial score (nSPS) is 17.7. The molecule has 0 bridgehead atoms. The zero-order chi connectivity index (χ0) is 30.9. The number of nitrogens with zero attached hydrogens (tertiary/aromatic N) is 3. The van der Waals surface area contributed by atoms with E-state index in [1.165, 1.54) is 26.0 Å². The van der Waals surface area contributed by atoms with Crippen molar-refractivity contribution >= 4 is 91.9 Å². The molecule has 42 heavy (non-hydrogen) atoms. The van der Waals surface area contributed by atoms with Gasteiger partial charge in [-0.25, -0.2) is 0 Å². The number of methoxy groups -OCH3 is 2. The molecule has 0 saturated carbocycles. The molecule has 0 radical (unpaired) electrons. The molecule has 0 atom stereocenters. The van der Waals surface area contributed by atoms with E-state index in [1.54, 1.807) is 23.1 Å². The molecule has 2 aliphatic rings. The van der Waals surface area contributed by atoms with Crippen molar-refractivity contribution in [3.63, 3.8) is 0 Å². The first-order chi connectivity index (χ1) is 19.9. The van der Waals surface area contributed by atoms with Crippen LogP contribution in [0.25, 0.3) is 11.0 Å². The van der Waals surface area contributed by atoms with E-state index in [4.69, 9.17) is 21.7 Å². The first-order valence-electron chi connectivity index (χ1n) is 12.2. The van der Waals surface area contributed by atoms with E-state index in [-0.39, 0.29) is 30.9 Å². The van der Waals surface area contributed by atoms with E-state index in [2.05, 4.69) is 0 Å². The predicted molar refractivity (Wildman–Crippen MR) is 163 cm³/mol. The third kappa shape index (κ3) is 6.25. The van der Waals surface area contributed by atoms with Crippen LogP contribution in [-0.2, 0) is 30.5 Å². The maximum absolute atomic E-state index is 13.6. The van der Waals surface area contributed by atoms with Gasteiger partial charge >= 0.3 is 17.9 Å². The minimum atomic E-state index is -1.30. The molecule has 0 unspecified atom stereocenters. The Balaban J connectivity index is 1.96. The number of carbonyl (C=O) groups is 4. The van der Waals surface area contributed by atoms with Gasteiger partial charge in [0.05, 0.1) is 29.5 Å². The number of carboxylic acids is 2. The van der Waals surface area contributed by atoms with Crippen molar-refractivity contribution < 1.29 is 38.9 Å². The lowest BCUT2D eigenvalue weighted by Gasteiger charge is -2.22. The Morgan fingerprint density at radius 1 is 1.02 bits per heavy atom. The van der Waals surface area contributed by atoms with Gasteiger partial charge in [0, 0.05) is 11.0 Å². The van der Waals surface area contributed by atoms with Crippen LogP contribution in [0, 0.1) is 5.92 Å². The number of allylic oxidation sites excluding steroid dienone is 1. The standard InChI is InChI=1S/C26H25N3O9S4/c1-12(2)14(24-27(11-20(34)38-4)15-7-13(37-3)5-6-16(15)40-24)8-17-22(35)28(9-18(30)31)25(41-17)21-23(36)29(10-19(32)33)26(39)42-21/h5-8,12H,9-11H2,1-4H3,(H,30,31)(H,32,33)/b17-8+,24-14-,25-21-. The molecule has 1 aromatic heterocycles. The summed E-state index contributed by atoms with van der Waals surface area (Å²) in [5, 5.41) is 19.4. The second kappa shape index (κ2) is 12.7. The third-order valence-electron chi connectivity index (χ3n) is 6.12. The summed E-state index contributed by atoms with van der Waals surface area (Å²) in [6, 6.07) is 5.46. The molecule has 12 nitrogen and oxygen atoms in total. The topological polar surface area (TPSA) is 156 Å². The summed E-state index contributed by atoms with van der Waals surface area (Å²) in [4.78, 5) is 65.5. The van der Waals surface area contributed by atoms with Crippen molar-refractivity contribution in [1.29, 1.82) is 0 Å². The number of thioether (sulfide) groups is 2. The van der Waals surface area contributed by atoms with Gasteiger partial charge in [0.2, 0.25) is 0 Å². The number of carbonyl (C=O) groups excluding carboxylic acids is 2. The molecular formula is C26H25N3O9S4. The van der Waals surface area contributed by atoms with Crippen LogP contribution in [0.15, 0.2) is 38.5 Å². The Kier molecular flexibility index (Phi) is 9.50. The SMILES string of the molecule is COC(=O)CN1/C(=C(\C=c2\s/c(=C3\SC(=S)N(CC(=O)O)C3=O)n(CC(=O)O)c2=O)C(C)C)Sc2ccc(OC)cc21. The number of esters is 1. The minimum Gasteiger partial charge on any atom is -0.497 e. The van der Waals surface area contributed by atoms with Gasteiger partial charge < -0.3 is 24.6 Å². The quantitative estimate of drug-likeness (QED) is 0.297. The molecule has 2 aliphatic heterocycles. The Bertz CT molecular complexity index is 1720. The molecule has 1 aromatic carbocycles. The maximum Gasteiger partial charge on any atom is 0.325 e. The summed E-state index contributed by atoms with van der Waals surface area (Å²) in [7, 11) is 2.83. The zero-order valence-electron chi connectivity index (χ0n) is 22.7. The van der Waals surface area contributed by atoms with E-state index >= 15 is 0 Å². The zero-order valence-corrected chi connectivity index (χ0v) is 26.0. The largest absolute Gasteiger partial charge is 0.497 e. The van der Waals surface area contributed by atoms with Gasteiger partial charge in [-0.3, -0.25) is 33.4 Å². The molecule has 0 spiro atoms. The molecule has 1 amide bonds. The number of thiocarbonyl (C=S) groups is 1. The highest BCUT2D eigenvalue weighted by Gasteiger charge is 2.36. The van der Waals surface area contributed by atoms with Crippen LogP contribution in [0.5, 0.6) is 5.75 Å². The molecule has 1 fully saturated rings. The van der Waals surface area contributed by atoms with Crippen LogP contribution in [-0.4, -0.2) is 75.1 Å². The lowest BCUT2D eigenvalue weighted by atomic mass is 10.0. The van der Waals surface area contributed by atoms with Crippen LogP contribution in [0.4, 0.5) is 5.69 Å². The maximum atomic E-state index is 13.6. The molecule has 3 heterocycles. The number of aromatic nitrogens is 1. The number of benzene rings is 1. The van der Waals surface area contributed by atoms with Gasteiger partial charge in [-0.05, 0) is 29.7 Å². The molecule has 2 aromatic rings. The molecule has 16 heteroatoms. The minimum absolute atomic E-state index is 0.00959. The highest BCUT2D eigenvalue weighted by molar-refractivity contribution is 8.30. The number of thiazole rings is 1. The van der Waals surface area contributed by atoms with Crippen LogP contribution in [0.3, 0.4) is 0 Å². The number of amides is 1. The lowest BCUT2D eigenvalue weighted by molar-refractivity contribution is -0.140. The summed E-state index contributed by atoms with van der Waals surface area (Å²) in [6.45, 7) is 2.34. The molecule has 0 aliphatic carbocycles. The molecular weight excluding hydrogens is 627 g/mol. The Morgan fingerprint density at radius 2 is 1.71 bits per heavy atom. The van der Waals surface area contributed by atoms with E-state index in [0.29, 0.717) is 16.4 Å². The van der Waals surface area contributed by atoms with E-state index in [9.17, 15) is 34.2 Å². The Labute approximate surface area is 256 Å².